The SMILES string of the molecule is COc1c(C(=O)NC(C)CCCCl)cccc1[N+](=O)[O-]. The summed E-state index contributed by atoms with van der Waals surface area (Å²) in [6.07, 6.45) is 1.53. The molecule has 0 aromatic heterocycles. The van der Waals surface area contributed by atoms with Crippen molar-refractivity contribution in [2.24, 2.45) is 0 Å². The number of nitro groups is 1. The molecule has 20 heavy (non-hydrogen) atoms. The maximum atomic E-state index is 12.1. The van der Waals surface area contributed by atoms with Gasteiger partial charge in [-0.15, -0.1) is 11.6 Å². The third kappa shape index (κ3) is 4.09. The van der Waals surface area contributed by atoms with Gasteiger partial charge < -0.3 is 10.1 Å². The first-order valence-corrected chi connectivity index (χ1v) is 6.73. The molecule has 0 aliphatic heterocycles. The first kappa shape index (κ1) is 16.2. The molecular weight excluding hydrogens is 284 g/mol. The Bertz CT molecular complexity index is 493. The number of nitro benzene ring substituents is 1. The molecule has 0 aliphatic carbocycles. The average molecular weight is 301 g/mol. The summed E-state index contributed by atoms with van der Waals surface area (Å²) < 4.78 is 5.00. The number of para-hydroxylation sites is 1. The summed E-state index contributed by atoms with van der Waals surface area (Å²) in [5.41, 5.74) is -0.0759. The number of benzene rings is 1. The normalized spacial score (nSPS) is 11.8. The van der Waals surface area contributed by atoms with E-state index in [2.05, 4.69) is 5.32 Å². The lowest BCUT2D eigenvalue weighted by Gasteiger charge is -2.14. The second kappa shape index (κ2) is 7.69. The van der Waals surface area contributed by atoms with Crippen LogP contribution in [-0.4, -0.2) is 29.9 Å². The molecule has 0 fully saturated rings. The molecule has 1 aromatic rings. The minimum absolute atomic E-state index is 0.0282. The Hall–Kier alpha value is -1.82. The van der Waals surface area contributed by atoms with E-state index in [1.54, 1.807) is 0 Å². The lowest BCUT2D eigenvalue weighted by atomic mass is 10.1. The molecule has 110 valence electrons. The predicted molar refractivity (Wildman–Crippen MR) is 76.5 cm³/mol. The maximum absolute atomic E-state index is 12.1. The van der Waals surface area contributed by atoms with E-state index in [0.717, 1.165) is 12.8 Å². The molecule has 1 rings (SSSR count). The predicted octanol–water partition coefficient (Wildman–Crippen LogP) is 2.74. The Morgan fingerprint density at radius 3 is 2.80 bits per heavy atom. The van der Waals surface area contributed by atoms with Gasteiger partial charge in [0.15, 0.2) is 0 Å². The summed E-state index contributed by atoms with van der Waals surface area (Å²) in [4.78, 5) is 22.4. The second-order valence-electron chi connectivity index (χ2n) is 4.32. The maximum Gasteiger partial charge on any atom is 0.311 e. The van der Waals surface area contributed by atoms with Crippen molar-refractivity contribution in [3.8, 4) is 5.75 Å². The number of halogens is 1. The van der Waals surface area contributed by atoms with E-state index in [1.807, 2.05) is 6.92 Å². The minimum Gasteiger partial charge on any atom is -0.490 e. The van der Waals surface area contributed by atoms with E-state index in [0.29, 0.717) is 5.88 Å². The van der Waals surface area contributed by atoms with Crippen molar-refractivity contribution in [3.63, 3.8) is 0 Å². The molecule has 1 aromatic carbocycles. The molecule has 1 N–H and O–H groups in total. The van der Waals surface area contributed by atoms with E-state index in [4.69, 9.17) is 16.3 Å². The van der Waals surface area contributed by atoms with Gasteiger partial charge in [0.25, 0.3) is 5.91 Å². The average Bonchev–Trinajstić information content (AvgIpc) is 2.43. The van der Waals surface area contributed by atoms with Gasteiger partial charge in [-0.05, 0) is 25.8 Å². The molecule has 0 aliphatic rings. The van der Waals surface area contributed by atoms with Crippen LogP contribution in [0, 0.1) is 10.1 Å². The van der Waals surface area contributed by atoms with Crippen molar-refractivity contribution in [1.82, 2.24) is 5.32 Å². The summed E-state index contributed by atoms with van der Waals surface area (Å²) in [5, 5.41) is 13.7. The van der Waals surface area contributed by atoms with Gasteiger partial charge >= 0.3 is 5.69 Å². The zero-order valence-electron chi connectivity index (χ0n) is 11.4. The van der Waals surface area contributed by atoms with Crippen molar-refractivity contribution in [2.75, 3.05) is 13.0 Å². The lowest BCUT2D eigenvalue weighted by Crippen LogP contribution is -2.32. The van der Waals surface area contributed by atoms with Crippen molar-refractivity contribution >= 4 is 23.2 Å². The molecule has 7 heteroatoms. The number of alkyl halides is 1. The van der Waals surface area contributed by atoms with Gasteiger partial charge in [-0.25, -0.2) is 0 Å². The van der Waals surface area contributed by atoms with Gasteiger partial charge in [-0.1, -0.05) is 6.07 Å². The summed E-state index contributed by atoms with van der Waals surface area (Å²) in [6, 6.07) is 4.19. The number of hydrogen-bond acceptors (Lipinski definition) is 4. The van der Waals surface area contributed by atoms with Crippen LogP contribution < -0.4 is 10.1 Å². The second-order valence-corrected chi connectivity index (χ2v) is 4.70. The number of nitrogens with zero attached hydrogens (tertiary/aromatic N) is 1. The fourth-order valence-corrected chi connectivity index (χ4v) is 1.97. The summed E-state index contributed by atoms with van der Waals surface area (Å²) >= 11 is 5.59. The molecule has 6 nitrogen and oxygen atoms in total. The Morgan fingerprint density at radius 1 is 1.55 bits per heavy atom. The summed E-state index contributed by atoms with van der Waals surface area (Å²) in [6.45, 7) is 1.86. The van der Waals surface area contributed by atoms with Crippen LogP contribution in [0.4, 0.5) is 5.69 Å². The Kier molecular flexibility index (Phi) is 6.24. The van der Waals surface area contributed by atoms with E-state index in [1.165, 1.54) is 25.3 Å². The number of rotatable bonds is 7. The van der Waals surface area contributed by atoms with E-state index in [9.17, 15) is 14.9 Å². The summed E-state index contributed by atoms with van der Waals surface area (Å²) in [7, 11) is 1.30. The Labute approximate surface area is 122 Å². The highest BCUT2D eigenvalue weighted by Gasteiger charge is 2.23. The van der Waals surface area contributed by atoms with Crippen LogP contribution in [0.25, 0.3) is 0 Å². The molecule has 0 saturated heterocycles. The van der Waals surface area contributed by atoms with Gasteiger partial charge in [0, 0.05) is 18.0 Å². The minimum atomic E-state index is -0.577. The smallest absolute Gasteiger partial charge is 0.311 e. The first-order chi connectivity index (χ1) is 9.51. The van der Waals surface area contributed by atoms with Crippen LogP contribution in [0.2, 0.25) is 0 Å². The van der Waals surface area contributed by atoms with Gasteiger partial charge in [0.1, 0.15) is 0 Å². The van der Waals surface area contributed by atoms with Crippen molar-refractivity contribution < 1.29 is 14.5 Å². The zero-order valence-corrected chi connectivity index (χ0v) is 12.1. The fourth-order valence-electron chi connectivity index (χ4n) is 1.82. The molecule has 0 heterocycles. The number of amides is 1. The van der Waals surface area contributed by atoms with Crippen LogP contribution in [0.15, 0.2) is 18.2 Å². The highest BCUT2D eigenvalue weighted by Crippen LogP contribution is 2.30. The first-order valence-electron chi connectivity index (χ1n) is 6.19. The molecule has 0 bridgehead atoms. The molecular formula is C13H17ClN2O4. The number of nitrogens with one attached hydrogen (secondary N) is 1. The molecule has 0 spiro atoms. The Balaban J connectivity index is 2.93. The fraction of sp³-hybridized carbons (Fsp3) is 0.462. The quantitative estimate of drug-likeness (QED) is 0.477. The van der Waals surface area contributed by atoms with Gasteiger partial charge in [0.2, 0.25) is 5.75 Å². The topological polar surface area (TPSA) is 81.5 Å². The van der Waals surface area contributed by atoms with Crippen LogP contribution >= 0.6 is 11.6 Å². The van der Waals surface area contributed by atoms with Crippen LogP contribution in [0.5, 0.6) is 5.75 Å². The number of carbonyl (C=O) groups excluding carboxylic acids is 1. The van der Waals surface area contributed by atoms with Crippen molar-refractivity contribution in [1.29, 1.82) is 0 Å². The van der Waals surface area contributed by atoms with E-state index < -0.39 is 10.8 Å². The Morgan fingerprint density at radius 2 is 2.25 bits per heavy atom. The number of carbonyl (C=O) groups is 1. The van der Waals surface area contributed by atoms with Crippen molar-refractivity contribution in [2.45, 2.75) is 25.8 Å². The molecule has 0 saturated carbocycles. The number of ether oxygens (including phenoxy) is 1. The lowest BCUT2D eigenvalue weighted by molar-refractivity contribution is -0.385. The molecule has 1 atom stereocenters. The third-order valence-electron chi connectivity index (χ3n) is 2.79. The van der Waals surface area contributed by atoms with Crippen LogP contribution in [0.3, 0.4) is 0 Å². The van der Waals surface area contributed by atoms with Crippen LogP contribution in [-0.2, 0) is 0 Å². The van der Waals surface area contributed by atoms with Crippen molar-refractivity contribution in [3.05, 3.63) is 33.9 Å². The molecule has 1 amide bonds. The number of methoxy groups -OCH3 is 1. The molecule has 0 radical (unpaired) electrons. The largest absolute Gasteiger partial charge is 0.490 e. The number of hydrogen-bond donors (Lipinski definition) is 1. The molecule has 1 unspecified atom stereocenters. The highest BCUT2D eigenvalue weighted by molar-refractivity contribution is 6.17. The van der Waals surface area contributed by atoms with Gasteiger partial charge in [-0.3, -0.25) is 14.9 Å². The standard InChI is InChI=1S/C13H17ClN2O4/c1-9(5-4-8-14)15-13(17)10-6-3-7-11(16(18)19)12(10)20-2/h3,6-7,9H,4-5,8H2,1-2H3,(H,15,17). The van der Waals surface area contributed by atoms with Crippen LogP contribution in [0.1, 0.15) is 30.1 Å². The highest BCUT2D eigenvalue weighted by atomic mass is 35.5. The van der Waals surface area contributed by atoms with E-state index >= 15 is 0 Å². The zero-order chi connectivity index (χ0) is 15.1. The van der Waals surface area contributed by atoms with Gasteiger partial charge in [-0.2, -0.15) is 0 Å². The van der Waals surface area contributed by atoms with Gasteiger partial charge in [0.05, 0.1) is 17.6 Å². The third-order valence-corrected chi connectivity index (χ3v) is 3.06. The monoisotopic (exact) mass is 300 g/mol. The van der Waals surface area contributed by atoms with E-state index in [-0.39, 0.29) is 23.0 Å². The summed E-state index contributed by atoms with van der Waals surface area (Å²) in [5.74, 6) is 0.104.